The average molecular weight is 248 g/mol. The Morgan fingerprint density at radius 2 is 2.11 bits per heavy atom. The van der Waals surface area contributed by atoms with E-state index < -0.39 is 0 Å². The number of fused-ring (bicyclic) bond motifs is 1. The number of benzene rings is 1. The van der Waals surface area contributed by atoms with Gasteiger partial charge in [-0.3, -0.25) is 4.79 Å². The van der Waals surface area contributed by atoms with Gasteiger partial charge in [-0.25, -0.2) is 0 Å². The maximum Gasteiger partial charge on any atom is 0.257 e. The molecule has 0 radical (unpaired) electrons. The maximum absolute atomic E-state index is 12.4. The predicted octanol–water partition coefficient (Wildman–Crippen LogP) is 1.50. The van der Waals surface area contributed by atoms with Gasteiger partial charge in [-0.05, 0) is 18.1 Å². The molecule has 1 aliphatic heterocycles. The molecule has 18 heavy (non-hydrogen) atoms. The number of ether oxygens (including phenoxy) is 1. The van der Waals surface area contributed by atoms with Crippen LogP contribution in [0.3, 0.4) is 0 Å². The van der Waals surface area contributed by atoms with Crippen LogP contribution in [-0.4, -0.2) is 36.5 Å². The van der Waals surface area contributed by atoms with Crippen LogP contribution in [0.4, 0.5) is 0 Å². The van der Waals surface area contributed by atoms with Crippen LogP contribution >= 0.6 is 0 Å². The van der Waals surface area contributed by atoms with Crippen molar-refractivity contribution in [3.8, 4) is 5.75 Å². The number of rotatable bonds is 3. The Hall–Kier alpha value is -1.55. The minimum Gasteiger partial charge on any atom is -0.491 e. The Kier molecular flexibility index (Phi) is 3.87. The molecule has 1 aromatic rings. The number of nitrogens with zero attached hydrogens (tertiary/aromatic N) is 1. The number of carbonyl (C=O) groups is 1. The van der Waals surface area contributed by atoms with Gasteiger partial charge in [-0.2, -0.15) is 0 Å². The summed E-state index contributed by atoms with van der Waals surface area (Å²) < 4.78 is 5.59. The van der Waals surface area contributed by atoms with Crippen LogP contribution in [-0.2, 0) is 0 Å². The van der Waals surface area contributed by atoms with Crippen LogP contribution < -0.4 is 10.5 Å². The van der Waals surface area contributed by atoms with Crippen LogP contribution in [0.2, 0.25) is 0 Å². The van der Waals surface area contributed by atoms with Gasteiger partial charge in [-0.15, -0.1) is 0 Å². The molecule has 0 fully saturated rings. The van der Waals surface area contributed by atoms with Crippen molar-refractivity contribution >= 4 is 5.91 Å². The van der Waals surface area contributed by atoms with E-state index in [1.54, 1.807) is 11.0 Å². The minimum atomic E-state index is -0.000729. The molecule has 2 rings (SSSR count). The first-order chi connectivity index (χ1) is 8.59. The molecule has 4 heteroatoms. The van der Waals surface area contributed by atoms with Gasteiger partial charge in [0.2, 0.25) is 0 Å². The molecule has 1 heterocycles. The molecule has 0 aromatic heterocycles. The van der Waals surface area contributed by atoms with Crippen LogP contribution in [0.15, 0.2) is 24.3 Å². The van der Waals surface area contributed by atoms with Crippen molar-refractivity contribution in [2.75, 3.05) is 19.7 Å². The van der Waals surface area contributed by atoms with Crippen molar-refractivity contribution in [2.45, 2.75) is 19.9 Å². The van der Waals surface area contributed by atoms with Gasteiger partial charge >= 0.3 is 0 Å². The standard InChI is InChI=1S/C14H20N2O2/c1-10(2)12(15)9-16-7-8-18-13-6-4-3-5-11(13)14(16)17/h3-6,10,12H,7-9,15H2,1-2H3. The van der Waals surface area contributed by atoms with Gasteiger partial charge in [0.1, 0.15) is 12.4 Å². The molecule has 2 N–H and O–H groups in total. The van der Waals surface area contributed by atoms with Crippen molar-refractivity contribution in [3.05, 3.63) is 29.8 Å². The first kappa shape index (κ1) is 12.9. The van der Waals surface area contributed by atoms with Crippen molar-refractivity contribution in [3.63, 3.8) is 0 Å². The molecule has 1 amide bonds. The van der Waals surface area contributed by atoms with Crippen molar-refractivity contribution in [1.29, 1.82) is 0 Å². The third-order valence-corrected chi connectivity index (χ3v) is 3.31. The molecule has 1 aromatic carbocycles. The summed E-state index contributed by atoms with van der Waals surface area (Å²) in [6.07, 6.45) is 0. The molecule has 0 aliphatic carbocycles. The van der Waals surface area contributed by atoms with Crippen molar-refractivity contribution in [1.82, 2.24) is 4.90 Å². The molecule has 4 nitrogen and oxygen atoms in total. The normalized spacial score (nSPS) is 17.1. The van der Waals surface area contributed by atoms with Crippen molar-refractivity contribution < 1.29 is 9.53 Å². The summed E-state index contributed by atoms with van der Waals surface area (Å²) >= 11 is 0. The monoisotopic (exact) mass is 248 g/mol. The number of para-hydroxylation sites is 1. The van der Waals surface area contributed by atoms with Gasteiger partial charge in [0.15, 0.2) is 0 Å². The molecule has 1 unspecified atom stereocenters. The molecule has 1 aliphatic rings. The van der Waals surface area contributed by atoms with Gasteiger partial charge in [-0.1, -0.05) is 26.0 Å². The zero-order valence-corrected chi connectivity index (χ0v) is 10.9. The molecule has 98 valence electrons. The van der Waals surface area contributed by atoms with Crippen LogP contribution in [0.5, 0.6) is 5.75 Å². The lowest BCUT2D eigenvalue weighted by Gasteiger charge is -2.25. The fourth-order valence-corrected chi connectivity index (χ4v) is 1.95. The first-order valence-corrected chi connectivity index (χ1v) is 6.36. The molecular formula is C14H20N2O2. The predicted molar refractivity (Wildman–Crippen MR) is 70.7 cm³/mol. The summed E-state index contributed by atoms with van der Waals surface area (Å²) in [6.45, 7) is 5.82. The average Bonchev–Trinajstić information content (AvgIpc) is 2.51. The van der Waals surface area contributed by atoms with E-state index in [0.717, 1.165) is 0 Å². The van der Waals surface area contributed by atoms with Gasteiger partial charge in [0.25, 0.3) is 5.91 Å². The van der Waals surface area contributed by atoms with Crippen LogP contribution in [0.25, 0.3) is 0 Å². The van der Waals surface area contributed by atoms with E-state index in [4.69, 9.17) is 10.5 Å². The van der Waals surface area contributed by atoms with Gasteiger partial charge in [0.05, 0.1) is 12.1 Å². The van der Waals surface area contributed by atoms with Crippen molar-refractivity contribution in [2.24, 2.45) is 11.7 Å². The quantitative estimate of drug-likeness (QED) is 0.882. The molecule has 0 spiro atoms. The van der Waals surface area contributed by atoms with Gasteiger partial charge in [0, 0.05) is 12.6 Å². The highest BCUT2D eigenvalue weighted by Crippen LogP contribution is 2.22. The lowest BCUT2D eigenvalue weighted by atomic mass is 10.0. The van der Waals surface area contributed by atoms with E-state index in [1.807, 2.05) is 18.2 Å². The number of amides is 1. The molecular weight excluding hydrogens is 228 g/mol. The van der Waals surface area contributed by atoms with Gasteiger partial charge < -0.3 is 15.4 Å². The third-order valence-electron chi connectivity index (χ3n) is 3.31. The van der Waals surface area contributed by atoms with Crippen LogP contribution in [0.1, 0.15) is 24.2 Å². The molecule has 1 atom stereocenters. The number of hydrogen-bond donors (Lipinski definition) is 1. The second kappa shape index (κ2) is 5.40. The zero-order chi connectivity index (χ0) is 13.1. The number of nitrogens with two attached hydrogens (primary N) is 1. The minimum absolute atomic E-state index is 0.000729. The smallest absolute Gasteiger partial charge is 0.257 e. The largest absolute Gasteiger partial charge is 0.491 e. The van der Waals surface area contributed by atoms with E-state index in [9.17, 15) is 4.79 Å². The Bertz CT molecular complexity index is 432. The summed E-state index contributed by atoms with van der Waals surface area (Å²) in [5, 5.41) is 0. The Balaban J connectivity index is 2.18. The maximum atomic E-state index is 12.4. The number of carbonyl (C=O) groups excluding carboxylic acids is 1. The zero-order valence-electron chi connectivity index (χ0n) is 10.9. The van der Waals surface area contributed by atoms with E-state index in [-0.39, 0.29) is 11.9 Å². The summed E-state index contributed by atoms with van der Waals surface area (Å²) in [4.78, 5) is 14.2. The molecule has 0 saturated heterocycles. The lowest BCUT2D eigenvalue weighted by molar-refractivity contribution is 0.0737. The summed E-state index contributed by atoms with van der Waals surface area (Å²) in [7, 11) is 0. The highest BCUT2D eigenvalue weighted by molar-refractivity contribution is 5.97. The highest BCUT2D eigenvalue weighted by Gasteiger charge is 2.25. The molecule has 0 saturated carbocycles. The summed E-state index contributed by atoms with van der Waals surface area (Å²) in [5.41, 5.74) is 6.68. The van der Waals surface area contributed by atoms with Crippen LogP contribution in [0, 0.1) is 5.92 Å². The highest BCUT2D eigenvalue weighted by atomic mass is 16.5. The summed E-state index contributed by atoms with van der Waals surface area (Å²) in [6, 6.07) is 7.36. The lowest BCUT2D eigenvalue weighted by Crippen LogP contribution is -2.44. The topological polar surface area (TPSA) is 55.6 Å². The third kappa shape index (κ3) is 2.64. The van der Waals surface area contributed by atoms with E-state index in [2.05, 4.69) is 13.8 Å². The fraction of sp³-hybridized carbons (Fsp3) is 0.500. The first-order valence-electron chi connectivity index (χ1n) is 6.36. The Morgan fingerprint density at radius 1 is 1.39 bits per heavy atom. The Labute approximate surface area is 108 Å². The van der Waals surface area contributed by atoms with E-state index >= 15 is 0 Å². The number of hydrogen-bond acceptors (Lipinski definition) is 3. The fourth-order valence-electron chi connectivity index (χ4n) is 1.95. The summed E-state index contributed by atoms with van der Waals surface area (Å²) in [5.74, 6) is 1.04. The second-order valence-electron chi connectivity index (χ2n) is 5.00. The second-order valence-corrected chi connectivity index (χ2v) is 5.00. The SMILES string of the molecule is CC(C)C(N)CN1CCOc2ccccc2C1=O. The molecule has 0 bridgehead atoms. The Morgan fingerprint density at radius 3 is 2.83 bits per heavy atom. The van der Waals surface area contributed by atoms with E-state index in [1.165, 1.54) is 0 Å². The van der Waals surface area contributed by atoms with E-state index in [0.29, 0.717) is 36.9 Å².